The molecule has 1 aliphatic rings. The maximum atomic E-state index is 10.8. The van der Waals surface area contributed by atoms with Crippen molar-refractivity contribution in [2.24, 2.45) is 0 Å². The molecule has 3 N–H and O–H groups in total. The second-order valence-electron chi connectivity index (χ2n) is 5.34. The van der Waals surface area contributed by atoms with Crippen LogP contribution < -0.4 is 9.47 Å². The quantitative estimate of drug-likeness (QED) is 0.805. The molecule has 0 spiro atoms. The summed E-state index contributed by atoms with van der Waals surface area (Å²) >= 11 is 0. The summed E-state index contributed by atoms with van der Waals surface area (Å²) in [5.74, 6) is 0.254. The number of hydrogen-bond donors (Lipinski definition) is 3. The molecule has 3 rings (SSSR count). The molecule has 1 heterocycles. The summed E-state index contributed by atoms with van der Waals surface area (Å²) in [6.07, 6.45) is -1.73. The third-order valence-electron chi connectivity index (χ3n) is 4.02. The molecule has 1 aliphatic heterocycles. The molecule has 6 nitrogen and oxygen atoms in total. The summed E-state index contributed by atoms with van der Waals surface area (Å²) in [6.45, 7) is 0. The van der Waals surface area contributed by atoms with E-state index in [1.54, 1.807) is 31.4 Å². The predicted molar refractivity (Wildman–Crippen MR) is 81.9 cm³/mol. The van der Waals surface area contributed by atoms with E-state index in [9.17, 15) is 15.3 Å². The van der Waals surface area contributed by atoms with Crippen LogP contribution in [0.15, 0.2) is 36.4 Å². The van der Waals surface area contributed by atoms with Gasteiger partial charge in [-0.1, -0.05) is 6.07 Å². The monoisotopic (exact) mass is 318 g/mol. The molecule has 2 aromatic rings. The van der Waals surface area contributed by atoms with Crippen molar-refractivity contribution >= 4 is 0 Å². The highest BCUT2D eigenvalue weighted by Gasteiger charge is 2.40. The summed E-state index contributed by atoms with van der Waals surface area (Å²) in [4.78, 5) is 0. The van der Waals surface area contributed by atoms with Crippen molar-refractivity contribution in [1.29, 1.82) is 0 Å². The van der Waals surface area contributed by atoms with Crippen molar-refractivity contribution in [1.82, 2.24) is 0 Å². The van der Waals surface area contributed by atoms with E-state index >= 15 is 0 Å². The maximum Gasteiger partial charge on any atom is 0.209 e. The lowest BCUT2D eigenvalue weighted by molar-refractivity contribution is -0.113. The molecule has 0 aliphatic carbocycles. The molecule has 0 amide bonds. The molecule has 23 heavy (non-hydrogen) atoms. The Labute approximate surface area is 133 Å². The van der Waals surface area contributed by atoms with Crippen molar-refractivity contribution < 1.29 is 29.5 Å². The lowest BCUT2D eigenvalue weighted by Gasteiger charge is -2.36. The number of fused-ring (bicyclic) bond motifs is 1. The zero-order chi connectivity index (χ0) is 16.6. The van der Waals surface area contributed by atoms with Crippen LogP contribution in [0.4, 0.5) is 0 Å². The van der Waals surface area contributed by atoms with Gasteiger partial charge in [-0.15, -0.1) is 0 Å². The highest BCUT2D eigenvalue weighted by molar-refractivity contribution is 5.48. The molecule has 0 saturated carbocycles. The van der Waals surface area contributed by atoms with Crippen molar-refractivity contribution in [3.8, 4) is 23.0 Å². The second-order valence-corrected chi connectivity index (χ2v) is 5.34. The van der Waals surface area contributed by atoms with Crippen LogP contribution in [0.5, 0.6) is 23.0 Å². The van der Waals surface area contributed by atoms with Crippen molar-refractivity contribution in [3.05, 3.63) is 47.5 Å². The average Bonchev–Trinajstić information content (AvgIpc) is 2.55. The third-order valence-corrected chi connectivity index (χ3v) is 4.02. The molecule has 122 valence electrons. The van der Waals surface area contributed by atoms with Gasteiger partial charge in [-0.05, 0) is 18.2 Å². The SMILES string of the molecule is COc1ccc2c(c1)O[C@@H](OC)[C@@H](c1ccc(O)cc1O)[C@H]2O. The molecule has 0 unspecified atom stereocenters. The number of aliphatic hydroxyl groups excluding tert-OH is 1. The summed E-state index contributed by atoms with van der Waals surface area (Å²) < 4.78 is 16.3. The normalized spacial score (nSPS) is 23.0. The minimum atomic E-state index is -0.940. The highest BCUT2D eigenvalue weighted by atomic mass is 16.7. The smallest absolute Gasteiger partial charge is 0.209 e. The van der Waals surface area contributed by atoms with Gasteiger partial charge in [0.2, 0.25) is 6.29 Å². The number of hydrogen-bond acceptors (Lipinski definition) is 6. The van der Waals surface area contributed by atoms with Crippen LogP contribution in [0.1, 0.15) is 23.1 Å². The number of ether oxygens (including phenoxy) is 3. The number of phenolic OH excluding ortho intramolecular Hbond substituents is 2. The fourth-order valence-corrected chi connectivity index (χ4v) is 2.85. The van der Waals surface area contributed by atoms with E-state index in [1.807, 2.05) is 0 Å². The van der Waals surface area contributed by atoms with Gasteiger partial charge in [-0.2, -0.15) is 0 Å². The van der Waals surface area contributed by atoms with Crippen LogP contribution in [0.3, 0.4) is 0 Å². The lowest BCUT2D eigenvalue weighted by Crippen LogP contribution is -2.35. The fourth-order valence-electron chi connectivity index (χ4n) is 2.85. The Morgan fingerprint density at radius 2 is 1.74 bits per heavy atom. The molecule has 6 heteroatoms. The molecule has 0 saturated heterocycles. The number of methoxy groups -OCH3 is 2. The molecule has 0 aromatic heterocycles. The first-order chi connectivity index (χ1) is 11.0. The van der Waals surface area contributed by atoms with Crippen LogP contribution in [0.25, 0.3) is 0 Å². The molecule has 0 radical (unpaired) electrons. The predicted octanol–water partition coefficient (Wildman–Crippen LogP) is 2.29. The van der Waals surface area contributed by atoms with Crippen LogP contribution in [-0.2, 0) is 4.74 Å². The number of phenols is 2. The van der Waals surface area contributed by atoms with Crippen molar-refractivity contribution in [3.63, 3.8) is 0 Å². The van der Waals surface area contributed by atoms with Gasteiger partial charge in [0.25, 0.3) is 0 Å². The van der Waals surface area contributed by atoms with Gasteiger partial charge in [0, 0.05) is 30.4 Å². The molecule has 2 aromatic carbocycles. The first-order valence-electron chi connectivity index (χ1n) is 7.12. The summed E-state index contributed by atoms with van der Waals surface area (Å²) in [5, 5.41) is 30.3. The topological polar surface area (TPSA) is 88.4 Å². The minimum absolute atomic E-state index is 0.0587. The number of aromatic hydroxyl groups is 2. The molecule has 0 fully saturated rings. The van der Waals surface area contributed by atoms with Crippen LogP contribution in [0.2, 0.25) is 0 Å². The molecular weight excluding hydrogens is 300 g/mol. The van der Waals surface area contributed by atoms with Gasteiger partial charge in [-0.3, -0.25) is 0 Å². The van der Waals surface area contributed by atoms with Gasteiger partial charge in [0.15, 0.2) is 0 Å². The zero-order valence-corrected chi connectivity index (χ0v) is 12.8. The Balaban J connectivity index is 2.06. The first-order valence-corrected chi connectivity index (χ1v) is 7.12. The minimum Gasteiger partial charge on any atom is -0.508 e. The Bertz CT molecular complexity index is 714. The maximum absolute atomic E-state index is 10.8. The van der Waals surface area contributed by atoms with E-state index in [4.69, 9.17) is 14.2 Å². The van der Waals surface area contributed by atoms with E-state index in [2.05, 4.69) is 0 Å². The Morgan fingerprint density at radius 3 is 2.39 bits per heavy atom. The van der Waals surface area contributed by atoms with E-state index in [0.29, 0.717) is 22.6 Å². The molecule has 0 bridgehead atoms. The number of rotatable bonds is 3. The van der Waals surface area contributed by atoms with E-state index in [-0.39, 0.29) is 11.5 Å². The number of aliphatic hydroxyl groups is 1. The van der Waals surface area contributed by atoms with E-state index < -0.39 is 18.3 Å². The van der Waals surface area contributed by atoms with E-state index in [1.165, 1.54) is 19.2 Å². The van der Waals surface area contributed by atoms with Gasteiger partial charge in [-0.25, -0.2) is 0 Å². The van der Waals surface area contributed by atoms with Gasteiger partial charge in [0.05, 0.1) is 19.1 Å². The van der Waals surface area contributed by atoms with Crippen molar-refractivity contribution in [2.75, 3.05) is 14.2 Å². The van der Waals surface area contributed by atoms with Gasteiger partial charge in [0.1, 0.15) is 23.0 Å². The molecular formula is C17H18O6. The summed E-state index contributed by atoms with van der Waals surface area (Å²) in [6, 6.07) is 9.33. The van der Waals surface area contributed by atoms with E-state index in [0.717, 1.165) is 0 Å². The fraction of sp³-hybridized carbons (Fsp3) is 0.294. The largest absolute Gasteiger partial charge is 0.508 e. The van der Waals surface area contributed by atoms with Gasteiger partial charge < -0.3 is 29.5 Å². The Hall–Kier alpha value is -2.44. The standard InChI is InChI=1S/C17H18O6/c1-21-10-4-6-12-14(8-10)23-17(22-2)15(16(12)20)11-5-3-9(18)7-13(11)19/h3-8,15-20H,1-2H3/t15-,16-,17+/m0/s1. The zero-order valence-electron chi connectivity index (χ0n) is 12.8. The Kier molecular flexibility index (Phi) is 4.02. The van der Waals surface area contributed by atoms with Crippen molar-refractivity contribution in [2.45, 2.75) is 18.3 Å². The summed E-state index contributed by atoms with van der Waals surface area (Å²) in [5.41, 5.74) is 1.01. The first kappa shape index (κ1) is 15.5. The third kappa shape index (κ3) is 2.67. The second kappa shape index (κ2) is 5.98. The molecule has 3 atom stereocenters. The Morgan fingerprint density at radius 1 is 1.00 bits per heavy atom. The highest BCUT2D eigenvalue weighted by Crippen LogP contribution is 2.47. The average molecular weight is 318 g/mol. The van der Waals surface area contributed by atoms with Gasteiger partial charge >= 0.3 is 0 Å². The lowest BCUT2D eigenvalue weighted by atomic mass is 9.85. The summed E-state index contributed by atoms with van der Waals surface area (Å²) in [7, 11) is 3.01. The van der Waals surface area contributed by atoms with Crippen LogP contribution in [0, 0.1) is 0 Å². The van der Waals surface area contributed by atoms with Crippen LogP contribution in [-0.4, -0.2) is 35.8 Å². The number of benzene rings is 2. The van der Waals surface area contributed by atoms with Crippen LogP contribution >= 0.6 is 0 Å².